The Morgan fingerprint density at radius 2 is 1.83 bits per heavy atom. The summed E-state index contributed by atoms with van der Waals surface area (Å²) >= 11 is 0. The highest BCUT2D eigenvalue weighted by molar-refractivity contribution is 6.74. The first-order valence-corrected chi connectivity index (χ1v) is 7.09. The van der Waals surface area contributed by atoms with Crippen LogP contribution in [0, 0.1) is 0 Å². The Hall–Kier alpha value is -0.283. The number of hydrogen-bond donors (Lipinski definition) is 1. The predicted octanol–water partition coefficient (Wildman–Crippen LogP) is 2.51. The van der Waals surface area contributed by atoms with Crippen molar-refractivity contribution in [2.75, 3.05) is 6.61 Å². The molecule has 0 unspecified atom stereocenters. The SMILES string of the molecule is C=C(CO)O[Si](C)(C)C(C)(C)C. The van der Waals surface area contributed by atoms with Gasteiger partial charge in [-0.3, -0.25) is 0 Å². The van der Waals surface area contributed by atoms with Crippen LogP contribution in [0.15, 0.2) is 12.3 Å². The van der Waals surface area contributed by atoms with E-state index in [1.807, 2.05) is 0 Å². The molecule has 0 bridgehead atoms. The summed E-state index contributed by atoms with van der Waals surface area (Å²) in [5, 5.41) is 8.93. The smallest absolute Gasteiger partial charge is 0.250 e. The molecule has 0 aromatic carbocycles. The van der Waals surface area contributed by atoms with Crippen molar-refractivity contribution in [3.05, 3.63) is 12.3 Å². The standard InChI is InChI=1S/C9H20O2Si/c1-8(7-10)11-12(5,6)9(2,3)4/h10H,1,7H2,2-6H3. The lowest BCUT2D eigenvalue weighted by Crippen LogP contribution is -2.40. The van der Waals surface area contributed by atoms with Gasteiger partial charge in [0.1, 0.15) is 0 Å². The Balaban J connectivity index is 4.33. The summed E-state index contributed by atoms with van der Waals surface area (Å²) in [4.78, 5) is 0. The largest absolute Gasteiger partial charge is 0.545 e. The summed E-state index contributed by atoms with van der Waals surface area (Å²) in [7, 11) is -1.75. The first-order chi connectivity index (χ1) is 5.20. The monoisotopic (exact) mass is 188 g/mol. The molecule has 0 radical (unpaired) electrons. The van der Waals surface area contributed by atoms with Gasteiger partial charge in [0.15, 0.2) is 0 Å². The van der Waals surface area contributed by atoms with Gasteiger partial charge in [-0.25, -0.2) is 0 Å². The Morgan fingerprint density at radius 3 is 2.08 bits per heavy atom. The van der Waals surface area contributed by atoms with Crippen molar-refractivity contribution < 1.29 is 9.53 Å². The van der Waals surface area contributed by atoms with E-state index in [-0.39, 0.29) is 11.6 Å². The van der Waals surface area contributed by atoms with Crippen LogP contribution in [0.3, 0.4) is 0 Å². The molecule has 72 valence electrons. The fourth-order valence-electron chi connectivity index (χ4n) is 0.546. The zero-order valence-electron chi connectivity index (χ0n) is 8.77. The molecule has 12 heavy (non-hydrogen) atoms. The molecule has 0 saturated heterocycles. The molecule has 0 aliphatic rings. The molecule has 0 atom stereocenters. The van der Waals surface area contributed by atoms with Crippen LogP contribution in [0.4, 0.5) is 0 Å². The highest BCUT2D eigenvalue weighted by Gasteiger charge is 2.38. The summed E-state index contributed by atoms with van der Waals surface area (Å²) in [6.07, 6.45) is 0. The molecular weight excluding hydrogens is 168 g/mol. The fraction of sp³-hybridized carbons (Fsp3) is 0.778. The van der Waals surface area contributed by atoms with Gasteiger partial charge in [0, 0.05) is 0 Å². The van der Waals surface area contributed by atoms with Crippen LogP contribution >= 0.6 is 0 Å². The van der Waals surface area contributed by atoms with Gasteiger partial charge < -0.3 is 9.53 Å². The second-order valence-corrected chi connectivity index (χ2v) is 9.28. The van der Waals surface area contributed by atoms with E-state index in [4.69, 9.17) is 9.53 Å². The van der Waals surface area contributed by atoms with E-state index in [1.54, 1.807) is 0 Å². The molecule has 2 nitrogen and oxygen atoms in total. The number of aliphatic hydroxyl groups excluding tert-OH is 1. The third-order valence-corrected chi connectivity index (χ3v) is 6.79. The van der Waals surface area contributed by atoms with E-state index in [1.165, 1.54) is 0 Å². The maximum atomic E-state index is 8.76. The van der Waals surface area contributed by atoms with Crippen LogP contribution in [0.2, 0.25) is 18.1 Å². The lowest BCUT2D eigenvalue weighted by atomic mass is 10.2. The van der Waals surface area contributed by atoms with E-state index in [9.17, 15) is 0 Å². The minimum absolute atomic E-state index is 0.0769. The molecule has 0 fully saturated rings. The van der Waals surface area contributed by atoms with Crippen molar-refractivity contribution in [2.24, 2.45) is 0 Å². The van der Waals surface area contributed by atoms with E-state index in [2.05, 4.69) is 40.4 Å². The van der Waals surface area contributed by atoms with Crippen molar-refractivity contribution in [2.45, 2.75) is 38.9 Å². The fourth-order valence-corrected chi connectivity index (χ4v) is 1.64. The van der Waals surface area contributed by atoms with Gasteiger partial charge in [-0.05, 0) is 18.1 Å². The lowest BCUT2D eigenvalue weighted by Gasteiger charge is -2.36. The molecule has 0 spiro atoms. The van der Waals surface area contributed by atoms with Gasteiger partial charge in [0.05, 0.1) is 12.4 Å². The normalized spacial score (nSPS) is 12.8. The zero-order valence-corrected chi connectivity index (χ0v) is 9.77. The zero-order chi connectivity index (χ0) is 9.99. The van der Waals surface area contributed by atoms with Crippen molar-refractivity contribution in [3.8, 4) is 0 Å². The Morgan fingerprint density at radius 1 is 1.42 bits per heavy atom. The summed E-state index contributed by atoms with van der Waals surface area (Å²) in [5.41, 5.74) is 0. The molecule has 0 rings (SSSR count). The van der Waals surface area contributed by atoms with Gasteiger partial charge in [0.2, 0.25) is 8.32 Å². The quantitative estimate of drug-likeness (QED) is 0.545. The summed E-state index contributed by atoms with van der Waals surface area (Å²) in [6.45, 7) is 14.3. The molecule has 0 amide bonds. The van der Waals surface area contributed by atoms with Crippen molar-refractivity contribution in [1.82, 2.24) is 0 Å². The maximum absolute atomic E-state index is 8.76. The summed E-state index contributed by atoms with van der Waals surface area (Å²) < 4.78 is 5.65. The molecule has 0 heterocycles. The highest BCUT2D eigenvalue weighted by atomic mass is 28.4. The minimum Gasteiger partial charge on any atom is -0.545 e. The molecule has 0 aliphatic carbocycles. The highest BCUT2D eigenvalue weighted by Crippen LogP contribution is 2.37. The Kier molecular flexibility index (Phi) is 3.54. The second-order valence-electron chi connectivity index (χ2n) is 4.56. The van der Waals surface area contributed by atoms with E-state index in [0.717, 1.165) is 0 Å². The van der Waals surface area contributed by atoms with Crippen LogP contribution in [-0.2, 0) is 4.43 Å². The van der Waals surface area contributed by atoms with Crippen molar-refractivity contribution in [3.63, 3.8) is 0 Å². The van der Waals surface area contributed by atoms with Gasteiger partial charge >= 0.3 is 0 Å². The molecule has 0 aromatic rings. The lowest BCUT2D eigenvalue weighted by molar-refractivity contribution is 0.254. The predicted molar refractivity (Wildman–Crippen MR) is 54.5 cm³/mol. The Bertz CT molecular complexity index is 168. The van der Waals surface area contributed by atoms with Gasteiger partial charge in [-0.2, -0.15) is 0 Å². The maximum Gasteiger partial charge on any atom is 0.250 e. The third-order valence-electron chi connectivity index (χ3n) is 2.38. The average Bonchev–Trinajstić information content (AvgIpc) is 1.84. The van der Waals surface area contributed by atoms with Crippen LogP contribution in [-0.4, -0.2) is 20.0 Å². The first-order valence-electron chi connectivity index (χ1n) is 4.18. The molecule has 3 heteroatoms. The Labute approximate surface area is 76.4 Å². The first kappa shape index (κ1) is 11.7. The molecule has 0 aliphatic heterocycles. The molecular formula is C9H20O2Si. The van der Waals surface area contributed by atoms with E-state index in [0.29, 0.717) is 5.76 Å². The number of rotatable bonds is 3. The van der Waals surface area contributed by atoms with Crippen LogP contribution < -0.4 is 0 Å². The van der Waals surface area contributed by atoms with Crippen LogP contribution in [0.1, 0.15) is 20.8 Å². The van der Waals surface area contributed by atoms with Crippen molar-refractivity contribution in [1.29, 1.82) is 0 Å². The van der Waals surface area contributed by atoms with E-state index >= 15 is 0 Å². The van der Waals surface area contributed by atoms with E-state index < -0.39 is 8.32 Å². The number of aliphatic hydroxyl groups is 1. The molecule has 0 aromatic heterocycles. The summed E-state index contributed by atoms with van der Waals surface area (Å²) in [6, 6.07) is 0. The third kappa shape index (κ3) is 2.99. The van der Waals surface area contributed by atoms with Crippen LogP contribution in [0.25, 0.3) is 0 Å². The minimum atomic E-state index is -1.75. The topological polar surface area (TPSA) is 29.5 Å². The summed E-state index contributed by atoms with van der Waals surface area (Å²) in [5.74, 6) is 0.488. The second kappa shape index (κ2) is 3.62. The van der Waals surface area contributed by atoms with Crippen molar-refractivity contribution >= 4 is 8.32 Å². The van der Waals surface area contributed by atoms with Gasteiger partial charge in [-0.15, -0.1) is 0 Å². The van der Waals surface area contributed by atoms with Crippen LogP contribution in [0.5, 0.6) is 0 Å². The van der Waals surface area contributed by atoms with Gasteiger partial charge in [0.25, 0.3) is 0 Å². The van der Waals surface area contributed by atoms with Gasteiger partial charge in [-0.1, -0.05) is 27.4 Å². The molecule has 1 N–H and O–H groups in total. The number of hydrogen-bond acceptors (Lipinski definition) is 2. The average molecular weight is 188 g/mol. The molecule has 0 saturated carbocycles.